The number of rotatable bonds is 6. The normalized spacial score (nSPS) is 19.1. The summed E-state index contributed by atoms with van der Waals surface area (Å²) < 4.78 is 11.7. The number of halogens is 1. The predicted octanol–water partition coefficient (Wildman–Crippen LogP) is 3.10. The van der Waals surface area contributed by atoms with Crippen molar-refractivity contribution in [2.45, 2.75) is 45.8 Å². The maximum atomic E-state index is 5.87. The molecule has 1 fully saturated rings. The Hall–Kier alpha value is -1.18. The third kappa shape index (κ3) is 4.91. The average Bonchev–Trinajstić information content (AvgIpc) is 3.28. The predicted molar refractivity (Wildman–Crippen MR) is 108 cm³/mol. The number of aliphatic imine (C=N–C) groups is 1. The topological polar surface area (TPSA) is 54.9 Å². The van der Waals surface area contributed by atoms with Crippen molar-refractivity contribution in [2.24, 2.45) is 10.9 Å². The Labute approximate surface area is 161 Å². The second kappa shape index (κ2) is 8.78. The summed E-state index contributed by atoms with van der Waals surface area (Å²) in [6.07, 6.45) is 3.86. The average molecular weight is 445 g/mol. The van der Waals surface area contributed by atoms with Gasteiger partial charge in [-0.25, -0.2) is 0 Å². The van der Waals surface area contributed by atoms with Gasteiger partial charge in [-0.1, -0.05) is 0 Å². The molecule has 3 rings (SSSR count). The zero-order valence-electron chi connectivity index (χ0n) is 14.7. The van der Waals surface area contributed by atoms with E-state index in [-0.39, 0.29) is 30.1 Å². The molecule has 0 radical (unpaired) electrons. The third-order valence-electron chi connectivity index (χ3n) is 4.30. The molecule has 1 aliphatic carbocycles. The molecule has 0 bridgehead atoms. The highest BCUT2D eigenvalue weighted by Gasteiger charge is 2.23. The highest BCUT2D eigenvalue weighted by atomic mass is 127. The van der Waals surface area contributed by atoms with Crippen LogP contribution in [0.1, 0.15) is 37.8 Å². The summed E-state index contributed by atoms with van der Waals surface area (Å²) in [5, 5.41) is 6.75. The Balaban J connectivity index is 0.00000208. The van der Waals surface area contributed by atoms with Crippen LogP contribution in [0, 0.1) is 5.92 Å². The summed E-state index contributed by atoms with van der Waals surface area (Å²) in [6, 6.07) is 4.23. The first kappa shape index (κ1) is 19.1. The van der Waals surface area contributed by atoms with Gasteiger partial charge >= 0.3 is 0 Å². The van der Waals surface area contributed by atoms with Crippen molar-refractivity contribution < 1.29 is 9.47 Å². The fraction of sp³-hybridized carbons (Fsp3) is 0.611. The monoisotopic (exact) mass is 445 g/mol. The molecule has 0 spiro atoms. The molecule has 2 N–H and O–H groups in total. The number of hydrogen-bond donors (Lipinski definition) is 2. The van der Waals surface area contributed by atoms with Crippen LogP contribution in [-0.2, 0) is 13.0 Å². The molecule has 0 saturated heterocycles. The summed E-state index contributed by atoms with van der Waals surface area (Å²) >= 11 is 0. The van der Waals surface area contributed by atoms with E-state index >= 15 is 0 Å². The van der Waals surface area contributed by atoms with Crippen LogP contribution in [0.25, 0.3) is 0 Å². The van der Waals surface area contributed by atoms with Gasteiger partial charge in [0.2, 0.25) is 0 Å². The van der Waals surface area contributed by atoms with E-state index in [1.54, 1.807) is 7.05 Å². The van der Waals surface area contributed by atoms with Crippen molar-refractivity contribution >= 4 is 29.9 Å². The van der Waals surface area contributed by atoms with E-state index in [1.165, 1.54) is 18.4 Å². The van der Waals surface area contributed by atoms with Crippen LogP contribution in [0.15, 0.2) is 17.1 Å². The van der Waals surface area contributed by atoms with Gasteiger partial charge in [0.15, 0.2) is 5.96 Å². The number of nitrogens with zero attached hydrogens (tertiary/aromatic N) is 1. The molecule has 0 amide bonds. The Morgan fingerprint density at radius 3 is 2.79 bits per heavy atom. The van der Waals surface area contributed by atoms with Crippen LogP contribution < -0.4 is 20.1 Å². The van der Waals surface area contributed by atoms with E-state index in [2.05, 4.69) is 34.7 Å². The van der Waals surface area contributed by atoms with Crippen molar-refractivity contribution in [2.75, 3.05) is 20.2 Å². The molecule has 1 aromatic rings. The zero-order valence-corrected chi connectivity index (χ0v) is 17.1. The lowest BCUT2D eigenvalue weighted by Gasteiger charge is -2.15. The Bertz CT molecular complexity index is 588. The Kier molecular flexibility index (Phi) is 7.01. The molecule has 5 nitrogen and oxygen atoms in total. The molecular weight excluding hydrogens is 417 g/mol. The second-order valence-electron chi connectivity index (χ2n) is 6.38. The quantitative estimate of drug-likeness (QED) is 0.402. The first-order chi connectivity index (χ1) is 11.2. The molecule has 1 unspecified atom stereocenters. The fourth-order valence-corrected chi connectivity index (χ4v) is 2.87. The van der Waals surface area contributed by atoms with E-state index in [1.807, 2.05) is 6.92 Å². The number of ether oxygens (including phenoxy) is 2. The van der Waals surface area contributed by atoms with E-state index in [9.17, 15) is 0 Å². The largest absolute Gasteiger partial charge is 0.494 e. The van der Waals surface area contributed by atoms with E-state index < -0.39 is 0 Å². The maximum absolute atomic E-state index is 5.87. The highest BCUT2D eigenvalue weighted by Crippen LogP contribution is 2.35. The van der Waals surface area contributed by atoms with Crippen LogP contribution in [0.5, 0.6) is 11.5 Å². The van der Waals surface area contributed by atoms with Gasteiger partial charge in [-0.15, -0.1) is 24.0 Å². The number of nitrogens with one attached hydrogen (secondary N) is 2. The molecule has 1 saturated carbocycles. The van der Waals surface area contributed by atoms with Crippen molar-refractivity contribution in [3.8, 4) is 11.5 Å². The molecule has 1 heterocycles. The van der Waals surface area contributed by atoms with Gasteiger partial charge in [0.25, 0.3) is 0 Å². The lowest BCUT2D eigenvalue weighted by molar-refractivity contribution is 0.254. The van der Waals surface area contributed by atoms with Crippen LogP contribution in [0.2, 0.25) is 0 Å². The van der Waals surface area contributed by atoms with Gasteiger partial charge in [-0.2, -0.15) is 0 Å². The summed E-state index contributed by atoms with van der Waals surface area (Å²) in [5.74, 6) is 3.59. The highest BCUT2D eigenvalue weighted by molar-refractivity contribution is 14.0. The maximum Gasteiger partial charge on any atom is 0.191 e. The molecule has 2 aliphatic rings. The molecule has 134 valence electrons. The zero-order chi connectivity index (χ0) is 16.2. The van der Waals surface area contributed by atoms with Crippen molar-refractivity contribution in [3.05, 3.63) is 23.3 Å². The van der Waals surface area contributed by atoms with Crippen molar-refractivity contribution in [3.63, 3.8) is 0 Å². The van der Waals surface area contributed by atoms with Crippen molar-refractivity contribution in [1.29, 1.82) is 0 Å². The first-order valence-corrected chi connectivity index (χ1v) is 8.59. The first-order valence-electron chi connectivity index (χ1n) is 8.59. The minimum Gasteiger partial charge on any atom is -0.494 e. The molecule has 1 aliphatic heterocycles. The smallest absolute Gasteiger partial charge is 0.191 e. The summed E-state index contributed by atoms with van der Waals surface area (Å²) in [7, 11) is 1.80. The number of fused-ring (bicyclic) bond motifs is 1. The van der Waals surface area contributed by atoms with E-state index in [0.717, 1.165) is 41.9 Å². The van der Waals surface area contributed by atoms with Crippen molar-refractivity contribution in [1.82, 2.24) is 10.6 Å². The van der Waals surface area contributed by atoms with Gasteiger partial charge < -0.3 is 20.1 Å². The molecule has 24 heavy (non-hydrogen) atoms. The summed E-state index contributed by atoms with van der Waals surface area (Å²) in [6.45, 7) is 6.45. The van der Waals surface area contributed by atoms with Crippen LogP contribution in [0.3, 0.4) is 0 Å². The molecule has 6 heteroatoms. The van der Waals surface area contributed by atoms with Crippen LogP contribution in [-0.4, -0.2) is 32.3 Å². The number of benzene rings is 1. The Morgan fingerprint density at radius 1 is 1.33 bits per heavy atom. The minimum absolute atomic E-state index is 0. The van der Waals surface area contributed by atoms with E-state index in [4.69, 9.17) is 9.47 Å². The molecular formula is C18H28IN3O2. The minimum atomic E-state index is 0. The van der Waals surface area contributed by atoms with Gasteiger partial charge in [-0.05, 0) is 44.7 Å². The van der Waals surface area contributed by atoms with E-state index in [0.29, 0.717) is 13.2 Å². The summed E-state index contributed by atoms with van der Waals surface area (Å²) in [4.78, 5) is 4.29. The van der Waals surface area contributed by atoms with Crippen LogP contribution in [0.4, 0.5) is 0 Å². The SMILES string of the molecule is CCOc1cc2c(cc1CNC(=NC)NCC1CC1)OC(C)C2.I. The third-order valence-corrected chi connectivity index (χ3v) is 4.30. The van der Waals surface area contributed by atoms with Gasteiger partial charge in [0.1, 0.15) is 17.6 Å². The number of guanidine groups is 1. The van der Waals surface area contributed by atoms with Gasteiger partial charge in [0, 0.05) is 37.7 Å². The lowest BCUT2D eigenvalue weighted by atomic mass is 10.1. The second-order valence-corrected chi connectivity index (χ2v) is 6.38. The Morgan fingerprint density at radius 2 is 2.12 bits per heavy atom. The molecule has 1 atom stereocenters. The fourth-order valence-electron chi connectivity index (χ4n) is 2.87. The van der Waals surface area contributed by atoms with Gasteiger partial charge in [-0.3, -0.25) is 4.99 Å². The lowest BCUT2D eigenvalue weighted by Crippen LogP contribution is -2.37. The standard InChI is InChI=1S/C18H27N3O2.HI/c1-4-22-16-8-14-7-12(2)23-17(14)9-15(16)11-21-18(19-3)20-10-13-5-6-13;/h8-9,12-13H,4-7,10-11H2,1-3H3,(H2,19,20,21);1H. The number of hydrogen-bond acceptors (Lipinski definition) is 3. The van der Waals surface area contributed by atoms with Crippen LogP contribution >= 0.6 is 24.0 Å². The molecule has 0 aromatic heterocycles. The molecule has 1 aromatic carbocycles. The summed E-state index contributed by atoms with van der Waals surface area (Å²) in [5.41, 5.74) is 2.34. The van der Waals surface area contributed by atoms with Gasteiger partial charge in [0.05, 0.1) is 6.61 Å².